The van der Waals surface area contributed by atoms with Crippen LogP contribution in [-0.2, 0) is 11.2 Å². The van der Waals surface area contributed by atoms with Crippen molar-refractivity contribution in [2.45, 2.75) is 26.3 Å². The Morgan fingerprint density at radius 3 is 2.75 bits per heavy atom. The summed E-state index contributed by atoms with van der Waals surface area (Å²) in [6, 6.07) is 13.1. The van der Waals surface area contributed by atoms with E-state index >= 15 is 0 Å². The number of hydrogen-bond donors (Lipinski definition) is 2. The van der Waals surface area contributed by atoms with Crippen LogP contribution >= 0.6 is 0 Å². The zero-order valence-electron chi connectivity index (χ0n) is 15.9. The summed E-state index contributed by atoms with van der Waals surface area (Å²) in [5.74, 6) is 1.55. The fraction of sp³-hybridized carbons (Fsp3) is 0.350. The molecule has 0 saturated carbocycles. The third kappa shape index (κ3) is 4.07. The summed E-state index contributed by atoms with van der Waals surface area (Å²) < 4.78 is 12.6. The fourth-order valence-corrected chi connectivity index (χ4v) is 3.41. The number of aryl methyl sites for hydroxylation is 2. The van der Waals surface area contributed by atoms with Crippen molar-refractivity contribution in [3.8, 4) is 5.69 Å². The van der Waals surface area contributed by atoms with Crippen LogP contribution in [-0.4, -0.2) is 40.2 Å². The van der Waals surface area contributed by atoms with Crippen LogP contribution < -0.4 is 10.6 Å². The van der Waals surface area contributed by atoms with Gasteiger partial charge in [-0.05, 0) is 26.0 Å². The molecule has 1 saturated heterocycles. The molecule has 3 aromatic rings. The molecular weight excluding hydrogens is 358 g/mol. The Kier molecular flexibility index (Phi) is 5.12. The van der Waals surface area contributed by atoms with Gasteiger partial charge in [-0.2, -0.15) is 5.10 Å². The molecule has 2 aromatic heterocycles. The predicted octanol–water partition coefficient (Wildman–Crippen LogP) is 2.86. The van der Waals surface area contributed by atoms with E-state index in [0.717, 1.165) is 22.8 Å². The highest BCUT2D eigenvalue weighted by Gasteiger charge is 2.31. The first-order valence-corrected chi connectivity index (χ1v) is 9.28. The zero-order chi connectivity index (χ0) is 19.5. The highest BCUT2D eigenvalue weighted by Crippen LogP contribution is 2.21. The molecule has 1 aromatic carbocycles. The van der Waals surface area contributed by atoms with Gasteiger partial charge in [0.1, 0.15) is 11.6 Å². The third-order valence-electron chi connectivity index (χ3n) is 4.73. The Labute approximate surface area is 162 Å². The monoisotopic (exact) mass is 381 g/mol. The number of nitrogens with zero attached hydrogens (tertiary/aromatic N) is 3. The maximum atomic E-state index is 12.6. The van der Waals surface area contributed by atoms with Crippen LogP contribution in [0.3, 0.4) is 0 Å². The van der Waals surface area contributed by atoms with Gasteiger partial charge in [-0.1, -0.05) is 23.4 Å². The second kappa shape index (κ2) is 7.85. The highest BCUT2D eigenvalue weighted by atomic mass is 16.5. The van der Waals surface area contributed by atoms with E-state index in [4.69, 9.17) is 9.26 Å². The molecule has 8 nitrogen and oxygen atoms in total. The number of para-hydroxylation sites is 1. The second-order valence-corrected chi connectivity index (χ2v) is 7.06. The number of nitrogens with one attached hydrogen (secondary N) is 2. The summed E-state index contributed by atoms with van der Waals surface area (Å²) >= 11 is 0. The summed E-state index contributed by atoms with van der Waals surface area (Å²) in [4.78, 5) is 12.6. The van der Waals surface area contributed by atoms with Crippen molar-refractivity contribution >= 4 is 11.8 Å². The van der Waals surface area contributed by atoms with Crippen molar-refractivity contribution in [1.82, 2.24) is 20.3 Å². The Hall–Kier alpha value is -3.13. The molecule has 0 unspecified atom stereocenters. The van der Waals surface area contributed by atoms with Crippen LogP contribution in [0.25, 0.3) is 5.69 Å². The van der Waals surface area contributed by atoms with Gasteiger partial charge in [0, 0.05) is 24.5 Å². The van der Waals surface area contributed by atoms with E-state index in [2.05, 4.69) is 20.9 Å². The Morgan fingerprint density at radius 2 is 2.00 bits per heavy atom. The highest BCUT2D eigenvalue weighted by molar-refractivity contribution is 5.89. The van der Waals surface area contributed by atoms with Gasteiger partial charge in [0.2, 0.25) is 0 Å². The smallest absolute Gasteiger partial charge is 0.320 e. The van der Waals surface area contributed by atoms with Crippen LogP contribution in [0, 0.1) is 19.8 Å². The maximum absolute atomic E-state index is 12.6. The Bertz CT molecular complexity index is 950. The van der Waals surface area contributed by atoms with Crippen LogP contribution in [0.15, 0.2) is 47.0 Å². The number of aromatic nitrogens is 3. The number of rotatable bonds is 5. The second-order valence-electron chi connectivity index (χ2n) is 7.06. The molecule has 3 heterocycles. The SMILES string of the molecule is Cc1cc(C[C@@H]2COC[C@@H]2NC(=O)Nc2cc(C)nn2-c2ccccc2)on1. The molecule has 146 valence electrons. The van der Waals surface area contributed by atoms with E-state index < -0.39 is 0 Å². The molecule has 8 heteroatoms. The molecule has 2 N–H and O–H groups in total. The van der Waals surface area contributed by atoms with Gasteiger partial charge in [0.15, 0.2) is 0 Å². The largest absolute Gasteiger partial charge is 0.379 e. The van der Waals surface area contributed by atoms with Crippen molar-refractivity contribution in [1.29, 1.82) is 0 Å². The topological polar surface area (TPSA) is 94.2 Å². The first-order valence-electron chi connectivity index (χ1n) is 9.28. The van der Waals surface area contributed by atoms with Gasteiger partial charge >= 0.3 is 6.03 Å². The Morgan fingerprint density at radius 1 is 1.18 bits per heavy atom. The number of amides is 2. The number of benzene rings is 1. The average Bonchev–Trinajstić information content (AvgIpc) is 3.38. The molecule has 1 fully saturated rings. The van der Waals surface area contributed by atoms with Crippen LogP contribution in [0.4, 0.5) is 10.6 Å². The van der Waals surface area contributed by atoms with Gasteiger partial charge in [0.25, 0.3) is 0 Å². The van der Waals surface area contributed by atoms with Crippen molar-refractivity contribution in [2.24, 2.45) is 5.92 Å². The minimum absolute atomic E-state index is 0.0976. The average molecular weight is 381 g/mol. The number of carbonyl (C=O) groups excluding carboxylic acids is 1. The molecule has 0 spiro atoms. The van der Waals surface area contributed by atoms with Crippen LogP contribution in [0.2, 0.25) is 0 Å². The number of ether oxygens (including phenoxy) is 1. The summed E-state index contributed by atoms with van der Waals surface area (Å²) in [7, 11) is 0. The number of hydrogen-bond acceptors (Lipinski definition) is 5. The normalized spacial score (nSPS) is 18.9. The molecule has 1 aliphatic rings. The van der Waals surface area contributed by atoms with E-state index in [1.54, 1.807) is 4.68 Å². The van der Waals surface area contributed by atoms with E-state index in [0.29, 0.717) is 25.5 Å². The van der Waals surface area contributed by atoms with Gasteiger partial charge in [-0.15, -0.1) is 0 Å². The molecule has 1 aliphatic heterocycles. The van der Waals surface area contributed by atoms with Crippen LogP contribution in [0.5, 0.6) is 0 Å². The summed E-state index contributed by atoms with van der Waals surface area (Å²) in [6.07, 6.45) is 0.673. The molecular formula is C20H23N5O3. The van der Waals surface area contributed by atoms with Crippen molar-refractivity contribution < 1.29 is 14.1 Å². The third-order valence-corrected chi connectivity index (χ3v) is 4.73. The molecule has 2 amide bonds. The number of urea groups is 1. The molecule has 28 heavy (non-hydrogen) atoms. The first kappa shape index (κ1) is 18.2. The van der Waals surface area contributed by atoms with E-state index in [1.807, 2.05) is 56.3 Å². The maximum Gasteiger partial charge on any atom is 0.320 e. The standard InChI is InChI=1S/C20H23N5O3/c1-13-9-19(25(23-13)16-6-4-3-5-7-16)22-20(26)21-18-12-27-11-15(18)10-17-8-14(2)24-28-17/h3-9,15,18H,10-12H2,1-2H3,(H2,21,22,26)/t15-,18+/m1/s1. The lowest BCUT2D eigenvalue weighted by molar-refractivity contribution is 0.181. The fourth-order valence-electron chi connectivity index (χ4n) is 3.41. The van der Waals surface area contributed by atoms with E-state index in [9.17, 15) is 4.79 Å². The van der Waals surface area contributed by atoms with Crippen molar-refractivity contribution in [3.63, 3.8) is 0 Å². The number of anilines is 1. The zero-order valence-corrected chi connectivity index (χ0v) is 15.9. The Balaban J connectivity index is 1.42. The van der Waals surface area contributed by atoms with Gasteiger partial charge in [-0.25, -0.2) is 9.48 Å². The summed E-state index contributed by atoms with van der Waals surface area (Å²) in [6.45, 7) is 4.83. The molecule has 0 radical (unpaired) electrons. The van der Waals surface area contributed by atoms with E-state index in [1.165, 1.54) is 0 Å². The molecule has 4 rings (SSSR count). The van der Waals surface area contributed by atoms with Crippen LogP contribution in [0.1, 0.15) is 17.1 Å². The number of carbonyl (C=O) groups is 1. The van der Waals surface area contributed by atoms with Gasteiger partial charge in [0.05, 0.1) is 36.3 Å². The quantitative estimate of drug-likeness (QED) is 0.709. The van der Waals surface area contributed by atoms with Gasteiger partial charge in [-0.3, -0.25) is 5.32 Å². The summed E-state index contributed by atoms with van der Waals surface area (Å²) in [5.41, 5.74) is 2.55. The molecule has 0 bridgehead atoms. The van der Waals surface area contributed by atoms with Gasteiger partial charge < -0.3 is 14.6 Å². The minimum atomic E-state index is -0.286. The lowest BCUT2D eigenvalue weighted by Crippen LogP contribution is -2.43. The lowest BCUT2D eigenvalue weighted by atomic mass is 9.98. The molecule has 2 atom stereocenters. The van der Waals surface area contributed by atoms with Crippen molar-refractivity contribution in [3.05, 3.63) is 59.6 Å². The molecule has 0 aliphatic carbocycles. The summed E-state index contributed by atoms with van der Waals surface area (Å²) in [5, 5.41) is 14.3. The lowest BCUT2D eigenvalue weighted by Gasteiger charge is -2.18. The first-order chi connectivity index (χ1) is 13.6. The van der Waals surface area contributed by atoms with E-state index in [-0.39, 0.29) is 18.0 Å². The predicted molar refractivity (Wildman–Crippen MR) is 103 cm³/mol. The van der Waals surface area contributed by atoms with Crippen molar-refractivity contribution in [2.75, 3.05) is 18.5 Å². The minimum Gasteiger partial charge on any atom is -0.379 e.